The molecule has 2 nitrogen and oxygen atoms in total. The predicted molar refractivity (Wildman–Crippen MR) is 34.7 cm³/mol. The molecule has 1 aromatic heterocycles. The van der Waals surface area contributed by atoms with Crippen molar-refractivity contribution in [1.29, 1.82) is 0 Å². The van der Waals surface area contributed by atoms with E-state index in [1.807, 2.05) is 22.6 Å². The molecule has 0 atom stereocenters. The van der Waals surface area contributed by atoms with Gasteiger partial charge in [0.05, 0.1) is 6.07 Å². The minimum Gasteiger partial charge on any atom is -0.241 e. The Kier molecular flexibility index (Phi) is 1.50. The van der Waals surface area contributed by atoms with Crippen LogP contribution in [0.4, 0.5) is 4.39 Å². The Balaban J connectivity index is 3.14. The van der Waals surface area contributed by atoms with Gasteiger partial charge >= 0.3 is 0 Å². The van der Waals surface area contributed by atoms with Gasteiger partial charge < -0.3 is 0 Å². The molecule has 0 amide bonds. The van der Waals surface area contributed by atoms with Gasteiger partial charge in [0.15, 0.2) is 0 Å². The number of halogens is 2. The minimum absolute atomic E-state index is 0.422. The van der Waals surface area contributed by atoms with Crippen molar-refractivity contribution in [3.63, 3.8) is 0 Å². The zero-order chi connectivity index (χ0) is 6.15. The first-order valence-electron chi connectivity index (χ1n) is 1.97. The Morgan fingerprint density at radius 1 is 1.88 bits per heavy atom. The number of aromatic nitrogens is 2. The van der Waals surface area contributed by atoms with Crippen LogP contribution in [-0.4, -0.2) is 9.78 Å². The van der Waals surface area contributed by atoms with Crippen molar-refractivity contribution in [2.75, 3.05) is 0 Å². The van der Waals surface area contributed by atoms with Crippen LogP contribution < -0.4 is 0 Å². The Morgan fingerprint density at radius 3 is 2.62 bits per heavy atom. The van der Waals surface area contributed by atoms with Crippen LogP contribution >= 0.6 is 22.6 Å². The van der Waals surface area contributed by atoms with Crippen LogP contribution in [0.25, 0.3) is 0 Å². The number of hydrogen-bond acceptors (Lipinski definition) is 1. The Morgan fingerprint density at radius 2 is 2.50 bits per heavy atom. The fraction of sp³-hybridized carbons (Fsp3) is 0.250. The summed E-state index contributed by atoms with van der Waals surface area (Å²) in [6.45, 7) is 0. The van der Waals surface area contributed by atoms with Gasteiger partial charge in [0.25, 0.3) is 0 Å². The topological polar surface area (TPSA) is 17.8 Å². The molecule has 1 aromatic rings. The largest absolute Gasteiger partial charge is 0.241 e. The van der Waals surface area contributed by atoms with Crippen molar-refractivity contribution in [2.24, 2.45) is 7.05 Å². The summed E-state index contributed by atoms with van der Waals surface area (Å²) in [5.41, 5.74) is 0. The molecule has 0 aromatic carbocycles. The normalized spacial score (nSPS) is 9.88. The zero-order valence-electron chi connectivity index (χ0n) is 4.15. The number of rotatable bonds is 0. The summed E-state index contributed by atoms with van der Waals surface area (Å²) in [5.74, 6) is -0.422. The molecule has 0 spiro atoms. The fourth-order valence-corrected chi connectivity index (χ4v) is 0.913. The SMILES string of the molecule is Cn1nc(I)[c]c1F. The van der Waals surface area contributed by atoms with Crippen LogP contribution in [0.1, 0.15) is 0 Å². The van der Waals surface area contributed by atoms with Crippen LogP contribution in [0.5, 0.6) is 0 Å². The lowest BCUT2D eigenvalue weighted by Gasteiger charge is -1.83. The first-order valence-corrected chi connectivity index (χ1v) is 3.05. The molecule has 1 radical (unpaired) electrons. The Bertz CT molecular complexity index is 176. The highest BCUT2D eigenvalue weighted by Gasteiger charge is 1.98. The molecule has 1 rings (SSSR count). The summed E-state index contributed by atoms with van der Waals surface area (Å²) >= 11 is 1.90. The predicted octanol–water partition coefficient (Wildman–Crippen LogP) is 0.964. The minimum atomic E-state index is -0.422. The smallest absolute Gasteiger partial charge is 0.220 e. The van der Waals surface area contributed by atoms with Gasteiger partial charge in [0, 0.05) is 7.05 Å². The molecule has 0 aliphatic carbocycles. The molecule has 0 saturated carbocycles. The molecule has 0 bridgehead atoms. The van der Waals surface area contributed by atoms with Crippen molar-refractivity contribution >= 4 is 22.6 Å². The molecule has 0 aliphatic heterocycles. The van der Waals surface area contributed by atoms with Gasteiger partial charge in [-0.15, -0.1) is 0 Å². The molecule has 1 heterocycles. The van der Waals surface area contributed by atoms with Crippen molar-refractivity contribution in [2.45, 2.75) is 0 Å². The van der Waals surface area contributed by atoms with E-state index < -0.39 is 5.95 Å². The Labute approximate surface area is 59.8 Å². The quantitative estimate of drug-likeness (QED) is 0.601. The van der Waals surface area contributed by atoms with Crippen molar-refractivity contribution in [1.82, 2.24) is 9.78 Å². The summed E-state index contributed by atoms with van der Waals surface area (Å²) in [6, 6.07) is 2.38. The third-order valence-corrected chi connectivity index (χ3v) is 1.21. The number of aryl methyl sites for hydroxylation is 1. The lowest BCUT2D eigenvalue weighted by molar-refractivity contribution is 0.502. The van der Waals surface area contributed by atoms with E-state index >= 15 is 0 Å². The van der Waals surface area contributed by atoms with Gasteiger partial charge in [-0.25, -0.2) is 4.68 Å². The summed E-state index contributed by atoms with van der Waals surface area (Å²) in [5, 5.41) is 3.68. The van der Waals surface area contributed by atoms with E-state index in [1.165, 1.54) is 7.05 Å². The van der Waals surface area contributed by atoms with E-state index in [0.29, 0.717) is 3.70 Å². The molecular weight excluding hydrogens is 222 g/mol. The third kappa shape index (κ3) is 0.988. The van der Waals surface area contributed by atoms with Gasteiger partial charge in [-0.3, -0.25) is 0 Å². The second kappa shape index (κ2) is 2.00. The van der Waals surface area contributed by atoms with Gasteiger partial charge in [-0.1, -0.05) is 0 Å². The van der Waals surface area contributed by atoms with E-state index in [9.17, 15) is 4.39 Å². The van der Waals surface area contributed by atoms with Gasteiger partial charge in [-0.2, -0.15) is 9.49 Å². The van der Waals surface area contributed by atoms with Crippen molar-refractivity contribution < 1.29 is 4.39 Å². The average Bonchev–Trinajstić information content (AvgIpc) is 1.85. The zero-order valence-corrected chi connectivity index (χ0v) is 6.31. The monoisotopic (exact) mass is 225 g/mol. The first-order chi connectivity index (χ1) is 3.70. The molecule has 8 heavy (non-hydrogen) atoms. The number of nitrogens with zero attached hydrogens (tertiary/aromatic N) is 2. The van der Waals surface area contributed by atoms with Crippen molar-refractivity contribution in [3.05, 3.63) is 15.7 Å². The van der Waals surface area contributed by atoms with E-state index in [-0.39, 0.29) is 0 Å². The second-order valence-corrected chi connectivity index (χ2v) is 2.35. The molecule has 0 saturated heterocycles. The summed E-state index contributed by atoms with van der Waals surface area (Å²) in [7, 11) is 1.54. The maximum absolute atomic E-state index is 12.2. The molecular formula is C4H3FIN2. The standard InChI is InChI=1S/C4H3FIN2/c1-8-3(5)2-4(6)7-8/h1H3. The van der Waals surface area contributed by atoms with Crippen LogP contribution in [-0.2, 0) is 7.05 Å². The highest BCUT2D eigenvalue weighted by Crippen LogP contribution is 2.00. The third-order valence-electron chi connectivity index (χ3n) is 0.728. The fourth-order valence-electron chi connectivity index (χ4n) is 0.367. The van der Waals surface area contributed by atoms with Crippen LogP contribution in [0.2, 0.25) is 0 Å². The molecule has 4 heteroatoms. The summed E-state index contributed by atoms with van der Waals surface area (Å²) in [4.78, 5) is 0. The summed E-state index contributed by atoms with van der Waals surface area (Å²) in [6.07, 6.45) is 0. The van der Waals surface area contributed by atoms with E-state index in [2.05, 4.69) is 11.2 Å². The molecule has 0 N–H and O–H groups in total. The van der Waals surface area contributed by atoms with E-state index in [4.69, 9.17) is 0 Å². The van der Waals surface area contributed by atoms with Crippen molar-refractivity contribution in [3.8, 4) is 0 Å². The van der Waals surface area contributed by atoms with Crippen LogP contribution in [0.3, 0.4) is 0 Å². The van der Waals surface area contributed by atoms with Gasteiger partial charge in [0.1, 0.15) is 3.70 Å². The van der Waals surface area contributed by atoms with Gasteiger partial charge in [-0.05, 0) is 22.6 Å². The lowest BCUT2D eigenvalue weighted by Crippen LogP contribution is -1.92. The maximum atomic E-state index is 12.2. The lowest BCUT2D eigenvalue weighted by atomic mass is 10.7. The molecule has 0 fully saturated rings. The van der Waals surface area contributed by atoms with Crippen LogP contribution in [0.15, 0.2) is 0 Å². The summed E-state index contributed by atoms with van der Waals surface area (Å²) < 4.78 is 13.9. The maximum Gasteiger partial charge on any atom is 0.220 e. The second-order valence-electron chi connectivity index (χ2n) is 1.33. The molecule has 0 unspecified atom stereocenters. The molecule has 43 valence electrons. The van der Waals surface area contributed by atoms with Crippen LogP contribution in [0, 0.1) is 15.7 Å². The first kappa shape index (κ1) is 6.00. The van der Waals surface area contributed by atoms with Gasteiger partial charge in [0.2, 0.25) is 5.95 Å². The Hall–Kier alpha value is -0.130. The highest BCUT2D eigenvalue weighted by atomic mass is 127. The highest BCUT2D eigenvalue weighted by molar-refractivity contribution is 14.1. The van der Waals surface area contributed by atoms with E-state index in [1.54, 1.807) is 0 Å². The molecule has 0 aliphatic rings. The number of hydrogen-bond donors (Lipinski definition) is 0. The van der Waals surface area contributed by atoms with E-state index in [0.717, 1.165) is 4.68 Å². The average molecular weight is 225 g/mol.